The summed E-state index contributed by atoms with van der Waals surface area (Å²) in [5.41, 5.74) is 1.83. The van der Waals surface area contributed by atoms with Crippen LogP contribution in [0, 0.1) is 35.5 Å². The highest BCUT2D eigenvalue weighted by molar-refractivity contribution is 5.87. The van der Waals surface area contributed by atoms with E-state index in [1.165, 1.54) is 14.2 Å². The molecule has 0 aromatic carbocycles. The quantitative estimate of drug-likeness (QED) is 0.315. The Kier molecular flexibility index (Phi) is 14.2. The molecule has 3 N–H and O–H groups in total. The molecule has 2 aliphatic rings. The van der Waals surface area contributed by atoms with Crippen LogP contribution in [-0.4, -0.2) is 71.8 Å². The van der Waals surface area contributed by atoms with Gasteiger partial charge in [-0.3, -0.25) is 0 Å². The second kappa shape index (κ2) is 16.4. The van der Waals surface area contributed by atoms with Crippen molar-refractivity contribution in [2.45, 2.75) is 118 Å². The molecule has 0 amide bonds. The Morgan fingerprint density at radius 3 is 2.28 bits per heavy atom. The molecule has 0 unspecified atom stereocenters. The topological polar surface area (TPSA) is 115 Å². The van der Waals surface area contributed by atoms with Crippen molar-refractivity contribution in [3.63, 3.8) is 0 Å². The summed E-state index contributed by atoms with van der Waals surface area (Å²) in [6.07, 6.45) is 7.60. The van der Waals surface area contributed by atoms with Crippen LogP contribution in [0.25, 0.3) is 0 Å². The summed E-state index contributed by atoms with van der Waals surface area (Å²) < 4.78 is 23.5. The minimum Gasteiger partial charge on any atom is -0.490 e. The first kappa shape index (κ1) is 37.2. The molecule has 8 nitrogen and oxygen atoms in total. The van der Waals surface area contributed by atoms with E-state index in [0.29, 0.717) is 18.8 Å². The molecule has 8 heteroatoms. The van der Waals surface area contributed by atoms with Gasteiger partial charge in [0, 0.05) is 31.3 Å². The number of esters is 1. The largest absolute Gasteiger partial charge is 0.490 e. The summed E-state index contributed by atoms with van der Waals surface area (Å²) in [5.74, 6) is -3.18. The third kappa shape index (κ3) is 9.76. The molecule has 0 spiro atoms. The Morgan fingerprint density at radius 2 is 1.70 bits per heavy atom. The molecule has 2 aliphatic heterocycles. The van der Waals surface area contributed by atoms with E-state index in [1.54, 1.807) is 26.0 Å². The standard InChI is InChI=1S/C35H58O8/c1-20(2)32-23(5)15-16-35(39,43-32)27(9)31(37)26(8)33-28(40-10)14-12-13-21(3)17-24(6)30(36)25(7)18-22(4)19-29(41-11)34(38)42-33/h12-14,18-20,23-28,30-33,36-37,39H,15-17H2,1-11H3/b14-12+,21-13+,22-18-,29-19+/t23-,24-,25+,26-,27-,28-,30-,31+,32+,33-,35+/m0/s1. The lowest BCUT2D eigenvalue weighted by molar-refractivity contribution is -0.311. The van der Waals surface area contributed by atoms with Gasteiger partial charge in [0.15, 0.2) is 5.79 Å². The molecule has 2 rings (SSSR count). The lowest BCUT2D eigenvalue weighted by Gasteiger charge is -2.47. The zero-order valence-corrected chi connectivity index (χ0v) is 28.2. The predicted octanol–water partition coefficient (Wildman–Crippen LogP) is 5.72. The van der Waals surface area contributed by atoms with Crippen LogP contribution in [0.3, 0.4) is 0 Å². The fourth-order valence-corrected chi connectivity index (χ4v) is 6.55. The Balaban J connectivity index is 2.50. The van der Waals surface area contributed by atoms with Gasteiger partial charge >= 0.3 is 5.97 Å². The lowest BCUT2D eigenvalue weighted by atomic mass is 9.77. The van der Waals surface area contributed by atoms with Gasteiger partial charge in [-0.15, -0.1) is 0 Å². The highest BCUT2D eigenvalue weighted by Crippen LogP contribution is 2.41. The van der Waals surface area contributed by atoms with Gasteiger partial charge in [-0.2, -0.15) is 0 Å². The number of hydrogen-bond donors (Lipinski definition) is 3. The number of hydrogen-bond acceptors (Lipinski definition) is 8. The fourth-order valence-electron chi connectivity index (χ4n) is 6.55. The summed E-state index contributed by atoms with van der Waals surface area (Å²) >= 11 is 0. The van der Waals surface area contributed by atoms with Crippen LogP contribution in [-0.2, 0) is 23.7 Å². The molecule has 11 atom stereocenters. The SMILES string of the molecule is CO/C1=C/C(C)=C\[C@@H](C)[C@@H](O)[C@@H](C)C/C(C)=C/C=C/[C@H](OC)[C@H]([C@@H](C)[C@@H](O)[C@H](C)[C@@]2(O)CC[C@H](C)[C@@H](C(C)C)O2)OC1=O. The zero-order chi connectivity index (χ0) is 32.6. The van der Waals surface area contributed by atoms with Crippen LogP contribution in [0.4, 0.5) is 0 Å². The van der Waals surface area contributed by atoms with Crippen LogP contribution in [0.5, 0.6) is 0 Å². The monoisotopic (exact) mass is 606 g/mol. The number of carbonyl (C=O) groups excluding carboxylic acids is 1. The Hall–Kier alpha value is -1.97. The van der Waals surface area contributed by atoms with Gasteiger partial charge in [-0.05, 0) is 50.5 Å². The van der Waals surface area contributed by atoms with Crippen molar-refractivity contribution < 1.29 is 39.1 Å². The number of cyclic esters (lactones) is 1. The molecule has 1 fully saturated rings. The number of carbonyl (C=O) groups is 1. The molecule has 0 aliphatic carbocycles. The van der Waals surface area contributed by atoms with Crippen molar-refractivity contribution in [2.75, 3.05) is 14.2 Å². The Labute approximate surface area is 259 Å². The molecule has 246 valence electrons. The Morgan fingerprint density at radius 1 is 1.05 bits per heavy atom. The van der Waals surface area contributed by atoms with E-state index in [-0.39, 0.29) is 29.6 Å². The van der Waals surface area contributed by atoms with E-state index >= 15 is 0 Å². The van der Waals surface area contributed by atoms with Crippen LogP contribution < -0.4 is 0 Å². The minimum atomic E-state index is -1.52. The van der Waals surface area contributed by atoms with Crippen molar-refractivity contribution in [1.29, 1.82) is 0 Å². The van der Waals surface area contributed by atoms with Gasteiger partial charge in [-0.1, -0.05) is 83.9 Å². The van der Waals surface area contributed by atoms with Crippen molar-refractivity contribution in [2.24, 2.45) is 35.5 Å². The average molecular weight is 607 g/mol. The fraction of sp³-hybridized carbons (Fsp3) is 0.743. The molecule has 2 heterocycles. The van der Waals surface area contributed by atoms with E-state index < -0.39 is 48.0 Å². The zero-order valence-electron chi connectivity index (χ0n) is 28.2. The first-order valence-electron chi connectivity index (χ1n) is 15.8. The van der Waals surface area contributed by atoms with Crippen molar-refractivity contribution in [3.05, 3.63) is 47.3 Å². The first-order chi connectivity index (χ1) is 20.1. The smallest absolute Gasteiger partial charge is 0.373 e. The number of allylic oxidation sites excluding steroid dienone is 5. The van der Waals surface area contributed by atoms with E-state index in [0.717, 1.165) is 17.6 Å². The van der Waals surface area contributed by atoms with Gasteiger partial charge < -0.3 is 34.3 Å². The van der Waals surface area contributed by atoms with E-state index in [9.17, 15) is 20.1 Å². The molecule has 0 aromatic heterocycles. The maximum absolute atomic E-state index is 13.5. The maximum Gasteiger partial charge on any atom is 0.373 e. The van der Waals surface area contributed by atoms with Gasteiger partial charge in [0.1, 0.15) is 12.2 Å². The maximum atomic E-state index is 13.5. The summed E-state index contributed by atoms with van der Waals surface area (Å²) in [5, 5.41) is 34.2. The third-order valence-corrected chi connectivity index (χ3v) is 9.39. The predicted molar refractivity (Wildman–Crippen MR) is 169 cm³/mol. The molecule has 0 bridgehead atoms. The molecule has 0 radical (unpaired) electrons. The van der Waals surface area contributed by atoms with Crippen LogP contribution in [0.1, 0.15) is 81.6 Å². The van der Waals surface area contributed by atoms with Crippen LogP contribution in [0.15, 0.2) is 47.3 Å². The van der Waals surface area contributed by atoms with Crippen LogP contribution >= 0.6 is 0 Å². The van der Waals surface area contributed by atoms with E-state index in [2.05, 4.69) is 20.8 Å². The second-order valence-electron chi connectivity index (χ2n) is 13.4. The summed E-state index contributed by atoms with van der Waals surface area (Å²) in [4.78, 5) is 13.5. The summed E-state index contributed by atoms with van der Waals surface area (Å²) in [6, 6.07) is 0. The minimum absolute atomic E-state index is 0.00658. The summed E-state index contributed by atoms with van der Waals surface area (Å²) in [7, 11) is 2.93. The van der Waals surface area contributed by atoms with Crippen molar-refractivity contribution >= 4 is 5.97 Å². The molecule has 43 heavy (non-hydrogen) atoms. The van der Waals surface area contributed by atoms with E-state index in [4.69, 9.17) is 18.9 Å². The van der Waals surface area contributed by atoms with Gasteiger partial charge in [-0.25, -0.2) is 4.79 Å². The average Bonchev–Trinajstić information content (AvgIpc) is 2.95. The van der Waals surface area contributed by atoms with Gasteiger partial charge in [0.2, 0.25) is 5.76 Å². The number of rotatable bonds is 7. The Bertz CT molecular complexity index is 1030. The molecular weight excluding hydrogens is 548 g/mol. The highest BCUT2D eigenvalue weighted by atomic mass is 16.6. The van der Waals surface area contributed by atoms with E-state index in [1.807, 2.05) is 45.9 Å². The molecular formula is C35H58O8. The van der Waals surface area contributed by atoms with Gasteiger partial charge in [0.05, 0.1) is 25.4 Å². The van der Waals surface area contributed by atoms with Crippen LogP contribution in [0.2, 0.25) is 0 Å². The first-order valence-corrected chi connectivity index (χ1v) is 15.8. The number of ether oxygens (including phenoxy) is 4. The number of aliphatic hydroxyl groups excluding tert-OH is 2. The molecule has 0 aromatic rings. The molecule has 0 saturated carbocycles. The number of methoxy groups -OCH3 is 2. The van der Waals surface area contributed by atoms with Crippen molar-refractivity contribution in [1.82, 2.24) is 0 Å². The third-order valence-electron chi connectivity index (χ3n) is 9.39. The van der Waals surface area contributed by atoms with Crippen molar-refractivity contribution in [3.8, 4) is 0 Å². The number of aliphatic hydroxyl groups is 3. The normalized spacial score (nSPS) is 40.1. The lowest BCUT2D eigenvalue weighted by Crippen LogP contribution is -2.55. The highest BCUT2D eigenvalue weighted by Gasteiger charge is 2.49. The second-order valence-corrected chi connectivity index (χ2v) is 13.4. The molecule has 1 saturated heterocycles. The van der Waals surface area contributed by atoms with Gasteiger partial charge in [0.25, 0.3) is 0 Å². The summed E-state index contributed by atoms with van der Waals surface area (Å²) in [6.45, 7) is 17.7.